The van der Waals surface area contributed by atoms with Gasteiger partial charge in [-0.1, -0.05) is 60.1 Å². The lowest BCUT2D eigenvalue weighted by molar-refractivity contribution is -0.588. The summed E-state index contributed by atoms with van der Waals surface area (Å²) in [6, 6.07) is 16.6. The molecule has 4 nitrogen and oxygen atoms in total. The van der Waals surface area contributed by atoms with Crippen LogP contribution in [0, 0.1) is 0 Å². The maximum absolute atomic E-state index is 12.0. The molecular weight excluding hydrogens is 302 g/mol. The molecule has 2 rings (SSSR count). The van der Waals surface area contributed by atoms with Crippen LogP contribution in [0.15, 0.2) is 54.6 Å². The van der Waals surface area contributed by atoms with Gasteiger partial charge in [-0.3, -0.25) is 0 Å². The van der Waals surface area contributed by atoms with E-state index >= 15 is 0 Å². The number of hydrogen-bond donors (Lipinski definition) is 2. The number of aliphatic hydroxyl groups excluding tert-OH is 1. The van der Waals surface area contributed by atoms with Gasteiger partial charge in [0.15, 0.2) is 6.10 Å². The van der Waals surface area contributed by atoms with Gasteiger partial charge in [-0.05, 0) is 13.0 Å². The normalized spacial score (nSPS) is 13.4. The van der Waals surface area contributed by atoms with Gasteiger partial charge in [-0.2, -0.15) is 4.79 Å². The first-order chi connectivity index (χ1) is 10.6. The van der Waals surface area contributed by atoms with E-state index in [9.17, 15) is 9.90 Å². The molecule has 0 aromatic heterocycles. The minimum Gasteiger partial charge on any atom is -0.409 e. The SMILES string of the molecule is C[C@H](O)[C@@H](OC(=O)[NH2+]Cc1ccccc1)c1ccccc1Cl. The highest BCUT2D eigenvalue weighted by molar-refractivity contribution is 6.31. The third kappa shape index (κ3) is 4.56. The molecule has 0 fully saturated rings. The number of benzene rings is 2. The van der Waals surface area contributed by atoms with E-state index < -0.39 is 18.3 Å². The standard InChI is InChI=1S/C17H18ClNO3/c1-12(20)16(14-9-5-6-10-15(14)18)22-17(21)19-11-13-7-3-2-4-8-13/h2-10,12,16,20H,11H2,1H3,(H,19,21)/p+1/t12-,16+/m0/s1. The lowest BCUT2D eigenvalue weighted by Crippen LogP contribution is -2.86. The maximum atomic E-state index is 12.0. The molecular formula is C17H19ClNO3+. The summed E-state index contributed by atoms with van der Waals surface area (Å²) < 4.78 is 5.37. The molecule has 22 heavy (non-hydrogen) atoms. The van der Waals surface area contributed by atoms with E-state index in [4.69, 9.17) is 16.3 Å². The molecule has 0 unspecified atom stereocenters. The first-order valence-electron chi connectivity index (χ1n) is 7.08. The minimum absolute atomic E-state index is 0.462. The van der Waals surface area contributed by atoms with Gasteiger partial charge in [0, 0.05) is 16.1 Å². The van der Waals surface area contributed by atoms with Crippen molar-refractivity contribution in [1.82, 2.24) is 0 Å². The molecule has 0 aliphatic carbocycles. The molecule has 116 valence electrons. The minimum atomic E-state index is -0.853. The van der Waals surface area contributed by atoms with Gasteiger partial charge in [0.05, 0.1) is 6.10 Å². The second kappa shape index (κ2) is 7.94. The molecule has 0 aliphatic rings. The molecule has 3 N–H and O–H groups in total. The Morgan fingerprint density at radius 2 is 1.82 bits per heavy atom. The Labute approximate surface area is 134 Å². The van der Waals surface area contributed by atoms with E-state index in [2.05, 4.69) is 0 Å². The van der Waals surface area contributed by atoms with E-state index in [1.165, 1.54) is 5.32 Å². The average molecular weight is 321 g/mol. The highest BCUT2D eigenvalue weighted by Gasteiger charge is 2.25. The lowest BCUT2D eigenvalue weighted by Gasteiger charge is -2.20. The van der Waals surface area contributed by atoms with Crippen LogP contribution in [-0.2, 0) is 11.3 Å². The van der Waals surface area contributed by atoms with E-state index in [0.29, 0.717) is 17.1 Å². The topological polar surface area (TPSA) is 63.1 Å². The summed E-state index contributed by atoms with van der Waals surface area (Å²) >= 11 is 6.11. The zero-order chi connectivity index (χ0) is 15.9. The van der Waals surface area contributed by atoms with Gasteiger partial charge in [-0.15, -0.1) is 0 Å². The van der Waals surface area contributed by atoms with Gasteiger partial charge in [0.1, 0.15) is 6.54 Å². The lowest BCUT2D eigenvalue weighted by atomic mass is 10.1. The van der Waals surface area contributed by atoms with Crippen molar-refractivity contribution in [1.29, 1.82) is 0 Å². The quantitative estimate of drug-likeness (QED) is 0.890. The number of primary amides is 1. The number of amides is 1. The van der Waals surface area contributed by atoms with Crippen molar-refractivity contribution in [2.45, 2.75) is 25.7 Å². The van der Waals surface area contributed by atoms with Gasteiger partial charge in [-0.25, -0.2) is 5.32 Å². The van der Waals surface area contributed by atoms with Crippen molar-refractivity contribution in [2.75, 3.05) is 0 Å². The third-order valence-corrected chi connectivity index (χ3v) is 3.58. The van der Waals surface area contributed by atoms with Crippen LogP contribution in [0.4, 0.5) is 4.79 Å². The average Bonchev–Trinajstić information content (AvgIpc) is 2.52. The van der Waals surface area contributed by atoms with Crippen LogP contribution < -0.4 is 5.32 Å². The van der Waals surface area contributed by atoms with Crippen molar-refractivity contribution < 1.29 is 20.0 Å². The Morgan fingerprint density at radius 1 is 1.18 bits per heavy atom. The molecule has 0 aliphatic heterocycles. The van der Waals surface area contributed by atoms with E-state index in [-0.39, 0.29) is 0 Å². The Balaban J connectivity index is 1.99. The summed E-state index contributed by atoms with van der Waals surface area (Å²) in [6.07, 6.45) is -2.11. The summed E-state index contributed by atoms with van der Waals surface area (Å²) in [6.45, 7) is 2.05. The largest absolute Gasteiger partial charge is 0.513 e. The molecule has 0 bridgehead atoms. The first-order valence-corrected chi connectivity index (χ1v) is 7.46. The van der Waals surface area contributed by atoms with Crippen molar-refractivity contribution in [3.8, 4) is 0 Å². The van der Waals surface area contributed by atoms with Gasteiger partial charge < -0.3 is 9.84 Å². The molecule has 0 radical (unpaired) electrons. The van der Waals surface area contributed by atoms with E-state index in [1.807, 2.05) is 30.3 Å². The van der Waals surface area contributed by atoms with Crippen molar-refractivity contribution >= 4 is 17.7 Å². The molecule has 5 heteroatoms. The summed E-state index contributed by atoms with van der Waals surface area (Å²) in [5.41, 5.74) is 1.62. The molecule has 1 amide bonds. The Kier molecular flexibility index (Phi) is 5.95. The van der Waals surface area contributed by atoms with Gasteiger partial charge >= 0.3 is 6.09 Å². The summed E-state index contributed by atoms with van der Waals surface area (Å²) in [4.78, 5) is 12.0. The molecule has 0 saturated heterocycles. The predicted molar refractivity (Wildman–Crippen MR) is 84.4 cm³/mol. The van der Waals surface area contributed by atoms with E-state index in [1.54, 1.807) is 31.2 Å². The second-order valence-corrected chi connectivity index (χ2v) is 5.42. The van der Waals surface area contributed by atoms with Crippen molar-refractivity contribution in [2.24, 2.45) is 0 Å². The third-order valence-electron chi connectivity index (χ3n) is 3.24. The van der Waals surface area contributed by atoms with Crippen molar-refractivity contribution in [3.63, 3.8) is 0 Å². The molecule has 2 aromatic rings. The zero-order valence-corrected chi connectivity index (χ0v) is 13.0. The fraction of sp³-hybridized carbons (Fsp3) is 0.235. The number of aliphatic hydroxyl groups is 1. The van der Waals surface area contributed by atoms with Crippen LogP contribution >= 0.6 is 11.6 Å². The number of nitrogens with two attached hydrogens (primary N) is 1. The van der Waals surface area contributed by atoms with Crippen LogP contribution in [0.1, 0.15) is 24.2 Å². The van der Waals surface area contributed by atoms with Gasteiger partial charge in [0.2, 0.25) is 0 Å². The monoisotopic (exact) mass is 320 g/mol. The molecule has 2 atom stereocenters. The number of carbonyl (C=O) groups is 1. The van der Waals surface area contributed by atoms with Crippen LogP contribution in [0.2, 0.25) is 5.02 Å². The Morgan fingerprint density at radius 3 is 2.45 bits per heavy atom. The van der Waals surface area contributed by atoms with Crippen molar-refractivity contribution in [3.05, 3.63) is 70.7 Å². The van der Waals surface area contributed by atoms with Crippen LogP contribution in [0.5, 0.6) is 0 Å². The Bertz CT molecular complexity index is 616. The first kappa shape index (κ1) is 16.5. The number of rotatable bonds is 5. The fourth-order valence-corrected chi connectivity index (χ4v) is 2.36. The molecule has 0 spiro atoms. The maximum Gasteiger partial charge on any atom is 0.513 e. The number of carbonyl (C=O) groups excluding carboxylic acids is 1. The number of hydrogen-bond acceptors (Lipinski definition) is 3. The summed E-state index contributed by atoms with van der Waals surface area (Å²) in [7, 11) is 0. The van der Waals surface area contributed by atoms with E-state index in [0.717, 1.165) is 5.56 Å². The number of quaternary nitrogens is 1. The van der Waals surface area contributed by atoms with Crippen LogP contribution in [0.25, 0.3) is 0 Å². The highest BCUT2D eigenvalue weighted by Crippen LogP contribution is 2.27. The van der Waals surface area contributed by atoms with Crippen LogP contribution in [-0.4, -0.2) is 17.3 Å². The number of ether oxygens (including phenoxy) is 1. The fourth-order valence-electron chi connectivity index (χ4n) is 2.12. The molecule has 0 saturated carbocycles. The zero-order valence-electron chi connectivity index (χ0n) is 12.3. The number of halogens is 1. The smallest absolute Gasteiger partial charge is 0.409 e. The van der Waals surface area contributed by atoms with Gasteiger partial charge in [0.25, 0.3) is 0 Å². The highest BCUT2D eigenvalue weighted by atomic mass is 35.5. The van der Waals surface area contributed by atoms with Crippen LogP contribution in [0.3, 0.4) is 0 Å². The molecule has 2 aromatic carbocycles. The second-order valence-electron chi connectivity index (χ2n) is 5.01. The predicted octanol–water partition coefficient (Wildman–Crippen LogP) is 2.66. The summed E-state index contributed by atoms with van der Waals surface area (Å²) in [5, 5.41) is 11.8. The molecule has 0 heterocycles. The summed E-state index contributed by atoms with van der Waals surface area (Å²) in [5.74, 6) is 0. The Hall–Kier alpha value is -1.88.